The second kappa shape index (κ2) is 19.8. The van der Waals surface area contributed by atoms with Gasteiger partial charge in [-0.1, -0.05) is 112 Å². The summed E-state index contributed by atoms with van der Waals surface area (Å²) < 4.78 is 11.5. The Morgan fingerprint density at radius 1 is 0.938 bits per heavy atom. The van der Waals surface area contributed by atoms with Gasteiger partial charge in [-0.25, -0.2) is 0 Å². The predicted octanol–water partition coefficient (Wildman–Crippen LogP) is 12.5. The van der Waals surface area contributed by atoms with Crippen molar-refractivity contribution in [2.75, 3.05) is 6.61 Å². The van der Waals surface area contributed by atoms with Crippen LogP contribution in [0, 0.1) is 46.3 Å². The third-order valence-electron chi connectivity index (χ3n) is 12.4. The molecule has 4 heteroatoms. The number of ketones is 1. The number of Topliss-reactive ketones (excluding diaryl/α,β-unsaturated/α-hetero) is 1. The maximum Gasteiger partial charge on any atom is 0.313 e. The zero-order valence-corrected chi connectivity index (χ0v) is 33.7. The van der Waals surface area contributed by atoms with E-state index in [2.05, 4.69) is 54.5 Å². The highest BCUT2D eigenvalue weighted by molar-refractivity contribution is 5.96. The molecule has 7 unspecified atom stereocenters. The summed E-state index contributed by atoms with van der Waals surface area (Å²) in [7, 11) is 0. The molecule has 48 heavy (non-hydrogen) atoms. The molecule has 4 rings (SSSR count). The van der Waals surface area contributed by atoms with Gasteiger partial charge < -0.3 is 9.47 Å². The molecular weight excluding hydrogens is 592 g/mol. The molecular formula is C44H78O4. The number of unbranched alkanes of at least 4 members (excludes halogenated alkanes) is 1. The fraction of sp³-hybridized carbons (Fsp3) is 0.864. The fourth-order valence-corrected chi connectivity index (χ4v) is 9.38. The van der Waals surface area contributed by atoms with Gasteiger partial charge in [-0.15, -0.1) is 0 Å². The number of fused-ring (bicyclic) bond motifs is 5. The van der Waals surface area contributed by atoms with E-state index in [-0.39, 0.29) is 24.7 Å². The first-order valence-electron chi connectivity index (χ1n) is 20.3. The molecule has 0 radical (unpaired) electrons. The smallest absolute Gasteiger partial charge is 0.313 e. The van der Waals surface area contributed by atoms with E-state index in [1.807, 2.05) is 46.8 Å². The third-order valence-corrected chi connectivity index (χ3v) is 12.4. The number of carbonyl (C=O) groups is 2. The molecule has 0 aromatic carbocycles. The van der Waals surface area contributed by atoms with Gasteiger partial charge in [0.1, 0.15) is 17.8 Å². The van der Waals surface area contributed by atoms with Gasteiger partial charge in [0.2, 0.25) is 0 Å². The van der Waals surface area contributed by atoms with Crippen molar-refractivity contribution in [1.29, 1.82) is 0 Å². The lowest BCUT2D eigenvalue weighted by molar-refractivity contribution is -0.156. The molecule has 3 saturated carbocycles. The lowest BCUT2D eigenvalue weighted by atomic mass is 9.47. The lowest BCUT2D eigenvalue weighted by Gasteiger charge is -2.58. The standard InChI is InChI=1S/C37H60O4.C5H12.C2H6/c1-26(2)12-8-9-13-27-16-18-32-31-17-15-28-24-30(19-21-37(28,7)33(31)20-22-36(27,32)6)40-23-11-10-14-29(38)25-34(39)41-35(3,4)5;1-4-5(2)3;1-2/h10-11,15,26-27,30-33H,8-9,12-14,16-25H2,1-7H3;5H,4H2,1-3H3;1-2H3/b11-10+;;. The first-order valence-corrected chi connectivity index (χ1v) is 20.3. The van der Waals surface area contributed by atoms with E-state index in [1.165, 1.54) is 70.6 Å². The van der Waals surface area contributed by atoms with E-state index in [0.717, 1.165) is 48.3 Å². The Kier molecular flexibility index (Phi) is 17.7. The minimum absolute atomic E-state index is 0.117. The average Bonchev–Trinajstić information content (AvgIpc) is 3.35. The quantitative estimate of drug-likeness (QED) is 0.0847. The molecule has 0 amide bonds. The summed E-state index contributed by atoms with van der Waals surface area (Å²) >= 11 is 0. The van der Waals surface area contributed by atoms with Crippen molar-refractivity contribution < 1.29 is 19.1 Å². The number of ether oxygens (including phenoxy) is 2. The Balaban J connectivity index is 0.00000105. The first-order chi connectivity index (χ1) is 22.6. The van der Waals surface area contributed by atoms with Crippen LogP contribution in [0.2, 0.25) is 0 Å². The van der Waals surface area contributed by atoms with Crippen molar-refractivity contribution in [3.05, 3.63) is 23.8 Å². The van der Waals surface area contributed by atoms with Gasteiger partial charge in [-0.3, -0.25) is 9.59 Å². The summed E-state index contributed by atoms with van der Waals surface area (Å²) in [5, 5.41) is 0. The van der Waals surface area contributed by atoms with Crippen LogP contribution in [0.3, 0.4) is 0 Å². The number of allylic oxidation sites excluding steroid dienone is 2. The van der Waals surface area contributed by atoms with Crippen LogP contribution in [-0.2, 0) is 19.1 Å². The summed E-state index contributed by atoms with van der Waals surface area (Å²) in [6.45, 7) is 26.6. The molecule has 0 saturated heterocycles. The van der Waals surface area contributed by atoms with E-state index in [1.54, 1.807) is 5.57 Å². The van der Waals surface area contributed by atoms with Gasteiger partial charge >= 0.3 is 5.97 Å². The molecule has 0 spiro atoms. The fourth-order valence-electron chi connectivity index (χ4n) is 9.38. The number of hydrogen-bond donors (Lipinski definition) is 0. The van der Waals surface area contributed by atoms with Crippen molar-refractivity contribution in [3.63, 3.8) is 0 Å². The molecule has 0 N–H and O–H groups in total. The van der Waals surface area contributed by atoms with Gasteiger partial charge in [0.25, 0.3) is 0 Å². The first kappa shape index (κ1) is 42.7. The van der Waals surface area contributed by atoms with Crippen molar-refractivity contribution >= 4 is 11.8 Å². The van der Waals surface area contributed by atoms with Gasteiger partial charge in [-0.2, -0.15) is 0 Å². The lowest BCUT2D eigenvalue weighted by Crippen LogP contribution is -2.50. The second-order valence-corrected chi connectivity index (χ2v) is 17.7. The van der Waals surface area contributed by atoms with E-state index >= 15 is 0 Å². The molecule has 3 fully saturated rings. The molecule has 4 aliphatic carbocycles. The Bertz CT molecular complexity index is 1030. The number of carbonyl (C=O) groups excluding carboxylic acids is 2. The summed E-state index contributed by atoms with van der Waals surface area (Å²) in [6, 6.07) is 0. The van der Waals surface area contributed by atoms with Crippen LogP contribution in [-0.4, -0.2) is 30.1 Å². The maximum atomic E-state index is 12.1. The Morgan fingerprint density at radius 3 is 2.25 bits per heavy atom. The summed E-state index contributed by atoms with van der Waals surface area (Å²) in [6.07, 6.45) is 24.3. The minimum atomic E-state index is -0.560. The van der Waals surface area contributed by atoms with E-state index in [4.69, 9.17) is 9.47 Å². The van der Waals surface area contributed by atoms with Crippen LogP contribution in [0.25, 0.3) is 0 Å². The molecule has 0 bridgehead atoms. The van der Waals surface area contributed by atoms with Crippen molar-refractivity contribution in [2.24, 2.45) is 46.3 Å². The molecule has 7 atom stereocenters. The Hall–Kier alpha value is -1.42. The number of rotatable bonds is 13. The topological polar surface area (TPSA) is 52.6 Å². The van der Waals surface area contributed by atoms with Gasteiger partial charge in [-0.05, 0) is 125 Å². The summed E-state index contributed by atoms with van der Waals surface area (Å²) in [5.41, 5.74) is 2.03. The Morgan fingerprint density at radius 2 is 1.62 bits per heavy atom. The molecule has 4 aliphatic rings. The summed E-state index contributed by atoms with van der Waals surface area (Å²) in [4.78, 5) is 23.9. The molecule has 278 valence electrons. The predicted molar refractivity (Wildman–Crippen MR) is 204 cm³/mol. The normalized spacial score (nSPS) is 31.1. The molecule has 0 heterocycles. The van der Waals surface area contributed by atoms with Crippen LogP contribution >= 0.6 is 0 Å². The van der Waals surface area contributed by atoms with E-state index < -0.39 is 11.6 Å². The molecule has 0 aromatic rings. The average molecular weight is 671 g/mol. The molecule has 4 nitrogen and oxygen atoms in total. The van der Waals surface area contributed by atoms with Crippen molar-refractivity contribution in [2.45, 2.75) is 191 Å². The third kappa shape index (κ3) is 12.4. The SMILES string of the molecule is CC.CC(C)CCCCC1CCC2C3CC=C4CC(OC/C=C/CC(=O)CC(=O)OC(C)(C)C)CCC4(C)C3CCC12C.CCC(C)C. The van der Waals surface area contributed by atoms with Crippen LogP contribution in [0.4, 0.5) is 0 Å². The highest BCUT2D eigenvalue weighted by atomic mass is 16.6. The molecule has 0 aromatic heterocycles. The second-order valence-electron chi connectivity index (χ2n) is 17.7. The Labute approximate surface area is 298 Å². The zero-order chi connectivity index (χ0) is 36.1. The highest BCUT2D eigenvalue weighted by Gasteiger charge is 2.58. The highest BCUT2D eigenvalue weighted by Crippen LogP contribution is 2.66. The van der Waals surface area contributed by atoms with E-state index in [9.17, 15) is 9.59 Å². The van der Waals surface area contributed by atoms with Gasteiger partial charge in [0, 0.05) is 6.42 Å². The monoisotopic (exact) mass is 671 g/mol. The van der Waals surface area contributed by atoms with Crippen LogP contribution < -0.4 is 0 Å². The van der Waals surface area contributed by atoms with Crippen molar-refractivity contribution in [1.82, 2.24) is 0 Å². The minimum Gasteiger partial charge on any atom is -0.460 e. The molecule has 0 aliphatic heterocycles. The van der Waals surface area contributed by atoms with Gasteiger partial charge in [0.05, 0.1) is 12.7 Å². The summed E-state index contributed by atoms with van der Waals surface area (Å²) in [5.74, 6) is 4.74. The maximum absolute atomic E-state index is 12.1. The van der Waals surface area contributed by atoms with Crippen LogP contribution in [0.1, 0.15) is 179 Å². The number of esters is 1. The zero-order valence-electron chi connectivity index (χ0n) is 33.7. The van der Waals surface area contributed by atoms with E-state index in [0.29, 0.717) is 17.4 Å². The van der Waals surface area contributed by atoms with Crippen molar-refractivity contribution in [3.8, 4) is 0 Å². The number of hydrogen-bond acceptors (Lipinski definition) is 4. The van der Waals surface area contributed by atoms with Gasteiger partial charge in [0.15, 0.2) is 0 Å². The van der Waals surface area contributed by atoms with Crippen LogP contribution in [0.5, 0.6) is 0 Å². The largest absolute Gasteiger partial charge is 0.460 e. The van der Waals surface area contributed by atoms with Crippen LogP contribution in [0.15, 0.2) is 23.8 Å².